The third kappa shape index (κ3) is 2.04. The van der Waals surface area contributed by atoms with Crippen LogP contribution < -0.4 is 0 Å². The van der Waals surface area contributed by atoms with Gasteiger partial charge < -0.3 is 0 Å². The fourth-order valence-electron chi connectivity index (χ4n) is 1.69. The van der Waals surface area contributed by atoms with E-state index < -0.39 is 0 Å². The lowest BCUT2D eigenvalue weighted by Gasteiger charge is -2.07. The molecule has 0 saturated heterocycles. The fourth-order valence-corrected chi connectivity index (χ4v) is 1.79. The van der Waals surface area contributed by atoms with E-state index in [4.69, 9.17) is 11.6 Å². The maximum absolute atomic E-state index is 13.8. The maximum Gasteiger partial charge on any atom is 0.151 e. The van der Waals surface area contributed by atoms with Crippen molar-refractivity contribution in [1.29, 1.82) is 0 Å². The summed E-state index contributed by atoms with van der Waals surface area (Å²) < 4.78 is 13.8. The van der Waals surface area contributed by atoms with Crippen molar-refractivity contribution in [2.75, 3.05) is 0 Å². The van der Waals surface area contributed by atoms with E-state index in [9.17, 15) is 4.39 Å². The van der Waals surface area contributed by atoms with Crippen LogP contribution in [0.1, 0.15) is 11.1 Å². The highest BCUT2D eigenvalue weighted by Crippen LogP contribution is 2.26. The average Bonchev–Trinajstić information content (AvgIpc) is 2.19. The normalized spacial score (nSPS) is 10.5. The third-order valence-electron chi connectivity index (χ3n) is 2.32. The summed E-state index contributed by atoms with van der Waals surface area (Å²) in [7, 11) is 0. The van der Waals surface area contributed by atoms with Gasteiger partial charge in [0.05, 0.1) is 5.69 Å². The first-order chi connectivity index (χ1) is 7.58. The van der Waals surface area contributed by atoms with Crippen LogP contribution in [0, 0.1) is 19.7 Å². The molecule has 0 saturated carbocycles. The van der Waals surface area contributed by atoms with Crippen LogP contribution in [0.5, 0.6) is 0 Å². The van der Waals surface area contributed by atoms with Crippen LogP contribution in [0.2, 0.25) is 5.15 Å². The summed E-state index contributed by atoms with van der Waals surface area (Å²) in [5.41, 5.74) is 2.71. The Labute approximate surface area is 98.1 Å². The highest BCUT2D eigenvalue weighted by atomic mass is 35.5. The molecule has 1 heterocycles. The number of halogens is 2. The maximum atomic E-state index is 13.8. The van der Waals surface area contributed by atoms with E-state index >= 15 is 0 Å². The molecular formula is C12H10ClFN2. The molecule has 0 amide bonds. The van der Waals surface area contributed by atoms with Gasteiger partial charge in [0, 0.05) is 5.56 Å². The van der Waals surface area contributed by atoms with Crippen LogP contribution in [0.25, 0.3) is 11.3 Å². The second-order valence-electron chi connectivity index (χ2n) is 3.68. The van der Waals surface area contributed by atoms with E-state index in [1.165, 1.54) is 6.07 Å². The molecule has 0 atom stereocenters. The van der Waals surface area contributed by atoms with E-state index in [1.807, 2.05) is 19.9 Å². The lowest BCUT2D eigenvalue weighted by Crippen LogP contribution is -1.94. The molecule has 1 aromatic carbocycles. The van der Waals surface area contributed by atoms with Gasteiger partial charge >= 0.3 is 0 Å². The Morgan fingerprint density at radius 1 is 1.12 bits per heavy atom. The van der Waals surface area contributed by atoms with Crippen molar-refractivity contribution < 1.29 is 4.39 Å². The molecule has 4 heteroatoms. The molecule has 1 aromatic heterocycles. The molecule has 0 fully saturated rings. The lowest BCUT2D eigenvalue weighted by molar-refractivity contribution is 0.628. The van der Waals surface area contributed by atoms with Crippen molar-refractivity contribution in [3.8, 4) is 11.3 Å². The highest BCUT2D eigenvalue weighted by Gasteiger charge is 2.10. The van der Waals surface area contributed by atoms with Crippen molar-refractivity contribution in [1.82, 2.24) is 10.2 Å². The minimum absolute atomic E-state index is 0.283. The predicted octanol–water partition coefficient (Wildman–Crippen LogP) is 3.55. The Bertz CT molecular complexity index is 500. The topological polar surface area (TPSA) is 25.8 Å². The zero-order chi connectivity index (χ0) is 11.7. The second-order valence-corrected chi connectivity index (χ2v) is 4.07. The Morgan fingerprint density at radius 3 is 2.44 bits per heavy atom. The molecule has 0 aliphatic rings. The van der Waals surface area contributed by atoms with Gasteiger partial charge in [0.25, 0.3) is 0 Å². The first-order valence-corrected chi connectivity index (χ1v) is 5.22. The van der Waals surface area contributed by atoms with Crippen LogP contribution in [-0.4, -0.2) is 10.2 Å². The molecule has 2 aromatic rings. The van der Waals surface area contributed by atoms with E-state index in [1.54, 1.807) is 12.1 Å². The summed E-state index contributed by atoms with van der Waals surface area (Å²) >= 11 is 5.64. The number of nitrogens with zero attached hydrogens (tertiary/aromatic N) is 2. The third-order valence-corrected chi connectivity index (χ3v) is 2.52. The summed E-state index contributed by atoms with van der Waals surface area (Å²) in [5, 5.41) is 7.89. The largest absolute Gasteiger partial charge is 0.206 e. The average molecular weight is 237 g/mol. The number of aryl methyl sites for hydroxylation is 2. The first kappa shape index (κ1) is 11.0. The van der Waals surface area contributed by atoms with Gasteiger partial charge in [-0.3, -0.25) is 0 Å². The fraction of sp³-hybridized carbons (Fsp3) is 0.167. The number of aromatic nitrogens is 2. The van der Waals surface area contributed by atoms with Gasteiger partial charge in [0.15, 0.2) is 5.15 Å². The number of hydrogen-bond acceptors (Lipinski definition) is 2. The molecular weight excluding hydrogens is 227 g/mol. The zero-order valence-electron chi connectivity index (χ0n) is 8.96. The van der Waals surface area contributed by atoms with Crippen LogP contribution in [0.3, 0.4) is 0 Å². The first-order valence-electron chi connectivity index (χ1n) is 4.84. The van der Waals surface area contributed by atoms with Crippen molar-refractivity contribution >= 4 is 11.6 Å². The van der Waals surface area contributed by atoms with Gasteiger partial charge in [-0.05, 0) is 43.2 Å². The molecule has 82 valence electrons. The summed E-state index contributed by atoms with van der Waals surface area (Å²) in [6.45, 7) is 3.70. The van der Waals surface area contributed by atoms with Gasteiger partial charge in [-0.2, -0.15) is 0 Å². The minimum Gasteiger partial charge on any atom is -0.206 e. The standard InChI is InChI=1S/C12H10ClFN2/c1-7-5-8(2)12(9(14)6-7)10-3-4-11(13)16-15-10/h3-6H,1-2H3. The molecule has 0 unspecified atom stereocenters. The van der Waals surface area contributed by atoms with Gasteiger partial charge in [0.1, 0.15) is 5.82 Å². The quantitative estimate of drug-likeness (QED) is 0.757. The van der Waals surface area contributed by atoms with Crippen molar-refractivity contribution in [2.45, 2.75) is 13.8 Å². The Balaban J connectivity index is 2.60. The molecule has 0 N–H and O–H groups in total. The van der Waals surface area contributed by atoms with E-state index in [-0.39, 0.29) is 5.82 Å². The summed E-state index contributed by atoms with van der Waals surface area (Å²) in [5.74, 6) is -0.283. The molecule has 0 aliphatic carbocycles. The molecule has 0 bridgehead atoms. The van der Waals surface area contributed by atoms with E-state index in [0.29, 0.717) is 16.4 Å². The van der Waals surface area contributed by atoms with Crippen molar-refractivity contribution in [3.05, 3.63) is 46.4 Å². The molecule has 2 rings (SSSR count). The number of benzene rings is 1. The summed E-state index contributed by atoms with van der Waals surface area (Å²) in [6.07, 6.45) is 0. The Morgan fingerprint density at radius 2 is 1.88 bits per heavy atom. The monoisotopic (exact) mass is 236 g/mol. The van der Waals surface area contributed by atoms with Crippen molar-refractivity contribution in [3.63, 3.8) is 0 Å². The molecule has 2 nitrogen and oxygen atoms in total. The molecule has 0 radical (unpaired) electrons. The van der Waals surface area contributed by atoms with Gasteiger partial charge in [-0.1, -0.05) is 17.7 Å². The lowest BCUT2D eigenvalue weighted by atomic mass is 10.0. The SMILES string of the molecule is Cc1cc(C)c(-c2ccc(Cl)nn2)c(F)c1. The summed E-state index contributed by atoms with van der Waals surface area (Å²) in [6, 6.07) is 6.66. The molecule has 0 spiro atoms. The van der Waals surface area contributed by atoms with Gasteiger partial charge in [0.2, 0.25) is 0 Å². The van der Waals surface area contributed by atoms with E-state index in [2.05, 4.69) is 10.2 Å². The predicted molar refractivity (Wildman–Crippen MR) is 61.9 cm³/mol. The zero-order valence-corrected chi connectivity index (χ0v) is 9.72. The Hall–Kier alpha value is -1.48. The second kappa shape index (κ2) is 4.18. The Kier molecular flexibility index (Phi) is 2.88. The smallest absolute Gasteiger partial charge is 0.151 e. The molecule has 0 aliphatic heterocycles. The van der Waals surface area contributed by atoms with Crippen molar-refractivity contribution in [2.24, 2.45) is 0 Å². The minimum atomic E-state index is -0.283. The summed E-state index contributed by atoms with van der Waals surface area (Å²) in [4.78, 5) is 0. The van der Waals surface area contributed by atoms with Crippen LogP contribution >= 0.6 is 11.6 Å². The molecule has 16 heavy (non-hydrogen) atoms. The van der Waals surface area contributed by atoms with Crippen LogP contribution in [0.4, 0.5) is 4.39 Å². The highest BCUT2D eigenvalue weighted by molar-refractivity contribution is 6.29. The van der Waals surface area contributed by atoms with Gasteiger partial charge in [-0.15, -0.1) is 10.2 Å². The number of rotatable bonds is 1. The van der Waals surface area contributed by atoms with Crippen LogP contribution in [-0.2, 0) is 0 Å². The van der Waals surface area contributed by atoms with E-state index in [0.717, 1.165) is 11.1 Å². The van der Waals surface area contributed by atoms with Crippen LogP contribution in [0.15, 0.2) is 24.3 Å². The van der Waals surface area contributed by atoms with Gasteiger partial charge in [-0.25, -0.2) is 4.39 Å². The number of hydrogen-bond donors (Lipinski definition) is 0.